The summed E-state index contributed by atoms with van der Waals surface area (Å²) in [6.45, 7) is 4.90. The molecule has 0 N–H and O–H groups in total. The number of benzene rings is 1. The van der Waals surface area contributed by atoms with Gasteiger partial charge >= 0.3 is 0 Å². The molecule has 0 bridgehead atoms. The Labute approximate surface area is 140 Å². The maximum atomic E-state index is 12.7. The van der Waals surface area contributed by atoms with Crippen molar-refractivity contribution in [3.63, 3.8) is 0 Å². The molecule has 1 aliphatic rings. The first-order valence-electron chi connectivity index (χ1n) is 7.72. The highest BCUT2D eigenvalue weighted by Gasteiger charge is 2.21. The van der Waals surface area contributed by atoms with Gasteiger partial charge in [-0.25, -0.2) is 9.97 Å². The first-order chi connectivity index (χ1) is 11.1. The molecule has 23 heavy (non-hydrogen) atoms. The molecule has 0 unspecified atom stereocenters. The highest BCUT2D eigenvalue weighted by molar-refractivity contribution is 6.31. The molecule has 1 saturated heterocycles. The SMILES string of the molecule is Cc1ccc(C(=O)N2CCCN(c3ncccn3)CC2)cc1Cl. The zero-order chi connectivity index (χ0) is 16.2. The quantitative estimate of drug-likeness (QED) is 0.849. The first kappa shape index (κ1) is 15.7. The van der Waals surface area contributed by atoms with Crippen LogP contribution < -0.4 is 4.90 Å². The maximum absolute atomic E-state index is 12.7. The second kappa shape index (κ2) is 6.96. The summed E-state index contributed by atoms with van der Waals surface area (Å²) in [6, 6.07) is 7.28. The summed E-state index contributed by atoms with van der Waals surface area (Å²) in [5.41, 5.74) is 1.62. The standard InChI is InChI=1S/C17H19ClN4O/c1-13-4-5-14(12-15(13)18)16(23)21-8-3-9-22(11-10-21)17-19-6-2-7-20-17/h2,4-7,12H,3,8-11H2,1H3. The zero-order valence-electron chi connectivity index (χ0n) is 13.1. The van der Waals surface area contributed by atoms with Crippen LogP contribution in [0.5, 0.6) is 0 Å². The van der Waals surface area contributed by atoms with E-state index in [1.807, 2.05) is 24.0 Å². The Kier molecular flexibility index (Phi) is 4.76. The fourth-order valence-corrected chi connectivity index (χ4v) is 2.86. The molecule has 6 heteroatoms. The number of amides is 1. The molecule has 2 aromatic rings. The summed E-state index contributed by atoms with van der Waals surface area (Å²) in [6.07, 6.45) is 4.37. The number of aromatic nitrogens is 2. The van der Waals surface area contributed by atoms with Crippen molar-refractivity contribution in [3.8, 4) is 0 Å². The number of nitrogens with zero attached hydrogens (tertiary/aromatic N) is 4. The van der Waals surface area contributed by atoms with E-state index in [1.165, 1.54) is 0 Å². The van der Waals surface area contributed by atoms with Crippen LogP contribution in [0.2, 0.25) is 5.02 Å². The minimum absolute atomic E-state index is 0.0303. The lowest BCUT2D eigenvalue weighted by Gasteiger charge is -2.22. The number of halogens is 1. The molecule has 3 rings (SSSR count). The van der Waals surface area contributed by atoms with E-state index in [1.54, 1.807) is 24.5 Å². The molecule has 1 aromatic heterocycles. The third-order valence-electron chi connectivity index (χ3n) is 4.04. The van der Waals surface area contributed by atoms with Crippen LogP contribution in [0.3, 0.4) is 0 Å². The van der Waals surface area contributed by atoms with E-state index in [-0.39, 0.29) is 5.91 Å². The van der Waals surface area contributed by atoms with Crippen molar-refractivity contribution in [2.24, 2.45) is 0 Å². The van der Waals surface area contributed by atoms with Crippen molar-refractivity contribution in [1.82, 2.24) is 14.9 Å². The minimum Gasteiger partial charge on any atom is -0.339 e. The summed E-state index contributed by atoms with van der Waals surface area (Å²) in [5, 5.41) is 0.630. The predicted molar refractivity (Wildman–Crippen MR) is 91.0 cm³/mol. The van der Waals surface area contributed by atoms with Gasteiger partial charge in [-0.1, -0.05) is 17.7 Å². The lowest BCUT2D eigenvalue weighted by atomic mass is 10.1. The molecule has 0 atom stereocenters. The molecule has 0 radical (unpaired) electrons. The predicted octanol–water partition coefficient (Wildman–Crippen LogP) is 2.79. The molecule has 0 spiro atoms. The number of hydrogen-bond acceptors (Lipinski definition) is 4. The van der Waals surface area contributed by atoms with Crippen LogP contribution >= 0.6 is 11.6 Å². The number of carbonyl (C=O) groups is 1. The Balaban J connectivity index is 1.70. The molecular weight excluding hydrogens is 312 g/mol. The van der Waals surface area contributed by atoms with E-state index in [9.17, 15) is 4.79 Å². The van der Waals surface area contributed by atoms with E-state index in [0.29, 0.717) is 17.1 Å². The van der Waals surface area contributed by atoms with E-state index in [0.717, 1.165) is 37.6 Å². The number of anilines is 1. The van der Waals surface area contributed by atoms with Gasteiger partial charge in [0.1, 0.15) is 0 Å². The highest BCUT2D eigenvalue weighted by Crippen LogP contribution is 2.19. The van der Waals surface area contributed by atoms with Crippen molar-refractivity contribution in [1.29, 1.82) is 0 Å². The van der Waals surface area contributed by atoms with Gasteiger partial charge in [0.05, 0.1) is 0 Å². The van der Waals surface area contributed by atoms with Crippen LogP contribution in [0.1, 0.15) is 22.3 Å². The number of rotatable bonds is 2. The molecule has 120 valence electrons. The second-order valence-electron chi connectivity index (χ2n) is 5.65. The van der Waals surface area contributed by atoms with E-state index < -0.39 is 0 Å². The number of hydrogen-bond donors (Lipinski definition) is 0. The van der Waals surface area contributed by atoms with E-state index in [2.05, 4.69) is 14.9 Å². The van der Waals surface area contributed by atoms with Crippen LogP contribution in [-0.4, -0.2) is 47.0 Å². The zero-order valence-corrected chi connectivity index (χ0v) is 13.8. The lowest BCUT2D eigenvalue weighted by Crippen LogP contribution is -2.35. The monoisotopic (exact) mass is 330 g/mol. The molecule has 5 nitrogen and oxygen atoms in total. The van der Waals surface area contributed by atoms with Crippen LogP contribution in [0, 0.1) is 6.92 Å². The Hall–Kier alpha value is -2.14. The first-order valence-corrected chi connectivity index (χ1v) is 8.10. The number of aryl methyl sites for hydroxylation is 1. The van der Waals surface area contributed by atoms with Gasteiger partial charge in [-0.15, -0.1) is 0 Å². The highest BCUT2D eigenvalue weighted by atomic mass is 35.5. The average molecular weight is 331 g/mol. The summed E-state index contributed by atoms with van der Waals surface area (Å²) >= 11 is 6.14. The Bertz CT molecular complexity index is 692. The van der Waals surface area contributed by atoms with Gasteiger partial charge in [0.2, 0.25) is 5.95 Å². The van der Waals surface area contributed by atoms with Crippen molar-refractivity contribution >= 4 is 23.5 Å². The molecule has 1 amide bonds. The van der Waals surface area contributed by atoms with E-state index in [4.69, 9.17) is 11.6 Å². The second-order valence-corrected chi connectivity index (χ2v) is 6.05. The number of carbonyl (C=O) groups excluding carboxylic acids is 1. The van der Waals surface area contributed by atoms with Crippen molar-refractivity contribution < 1.29 is 4.79 Å². The molecule has 0 aliphatic carbocycles. The Morgan fingerprint density at radius 1 is 1.13 bits per heavy atom. The van der Waals surface area contributed by atoms with Gasteiger partial charge < -0.3 is 9.80 Å². The van der Waals surface area contributed by atoms with Gasteiger partial charge in [-0.05, 0) is 37.1 Å². The Morgan fingerprint density at radius 2 is 1.91 bits per heavy atom. The van der Waals surface area contributed by atoms with Gasteiger partial charge in [0.25, 0.3) is 5.91 Å². The van der Waals surface area contributed by atoms with Crippen molar-refractivity contribution in [2.75, 3.05) is 31.1 Å². The van der Waals surface area contributed by atoms with Crippen LogP contribution in [0.25, 0.3) is 0 Å². The lowest BCUT2D eigenvalue weighted by molar-refractivity contribution is 0.0767. The van der Waals surface area contributed by atoms with E-state index >= 15 is 0 Å². The third-order valence-corrected chi connectivity index (χ3v) is 4.44. The smallest absolute Gasteiger partial charge is 0.253 e. The average Bonchev–Trinajstić information content (AvgIpc) is 2.83. The van der Waals surface area contributed by atoms with Crippen molar-refractivity contribution in [3.05, 3.63) is 52.8 Å². The largest absolute Gasteiger partial charge is 0.339 e. The molecule has 1 fully saturated rings. The summed E-state index contributed by atoms with van der Waals surface area (Å²) < 4.78 is 0. The fourth-order valence-electron chi connectivity index (χ4n) is 2.68. The van der Waals surface area contributed by atoms with Crippen LogP contribution in [0.4, 0.5) is 5.95 Å². The molecule has 1 aromatic carbocycles. The summed E-state index contributed by atoms with van der Waals surface area (Å²) in [5.74, 6) is 0.753. The third kappa shape index (κ3) is 3.62. The normalized spacial score (nSPS) is 15.4. The van der Waals surface area contributed by atoms with Gasteiger partial charge in [-0.2, -0.15) is 0 Å². The van der Waals surface area contributed by atoms with Gasteiger partial charge in [0, 0.05) is 49.2 Å². The molecule has 2 heterocycles. The maximum Gasteiger partial charge on any atom is 0.253 e. The van der Waals surface area contributed by atoms with Gasteiger partial charge in [-0.3, -0.25) is 4.79 Å². The van der Waals surface area contributed by atoms with Crippen molar-refractivity contribution in [2.45, 2.75) is 13.3 Å². The van der Waals surface area contributed by atoms with Gasteiger partial charge in [0.15, 0.2) is 0 Å². The Morgan fingerprint density at radius 3 is 2.65 bits per heavy atom. The van der Waals surface area contributed by atoms with Crippen LogP contribution in [0.15, 0.2) is 36.7 Å². The van der Waals surface area contributed by atoms with Crippen LogP contribution in [-0.2, 0) is 0 Å². The molecular formula is C17H19ClN4O. The summed E-state index contributed by atoms with van der Waals surface area (Å²) in [4.78, 5) is 25.3. The molecule has 0 saturated carbocycles. The topological polar surface area (TPSA) is 49.3 Å². The summed E-state index contributed by atoms with van der Waals surface area (Å²) in [7, 11) is 0. The fraction of sp³-hybridized carbons (Fsp3) is 0.353. The molecule has 1 aliphatic heterocycles. The minimum atomic E-state index is 0.0303.